The van der Waals surface area contributed by atoms with Crippen molar-refractivity contribution in [2.24, 2.45) is 0 Å². The second kappa shape index (κ2) is 48.3. The summed E-state index contributed by atoms with van der Waals surface area (Å²) < 4.78 is 34.1. The number of rotatable bonds is 51. The number of ether oxygens (including phenoxy) is 2. The molecule has 0 aromatic rings. The topological polar surface area (TPSA) is 111 Å². The van der Waals surface area contributed by atoms with Gasteiger partial charge in [-0.15, -0.1) is 0 Å². The molecule has 0 bridgehead atoms. The number of phosphoric ester groups is 1. The predicted octanol–water partition coefficient (Wildman–Crippen LogP) is 16.2. The molecule has 0 aliphatic rings. The molecular weight excluding hydrogens is 846 g/mol. The number of allylic oxidation sites excluding steroid dienone is 6. The standard InChI is InChI=1S/C56H106NO8P/c1-6-8-10-12-14-16-18-20-22-24-25-26-27-28-29-30-31-33-35-37-39-41-43-45-47-49-56(59)65-54(53-64-66(60,61)63-51-50-57(3,4)5)52-62-55(58)48-46-44-42-40-38-36-34-32-23-21-19-17-15-13-11-9-7-2/h18,20,24-25,27-28,54H,6-17,19,21-23,26,29-53H2,1-5H3/b20-18-,25-24-,28-27-. The summed E-state index contributed by atoms with van der Waals surface area (Å²) in [5, 5.41) is 0. The number of nitrogens with zero attached hydrogens (tertiary/aromatic N) is 1. The molecule has 0 heterocycles. The van der Waals surface area contributed by atoms with E-state index in [-0.39, 0.29) is 32.0 Å². The molecule has 9 nitrogen and oxygen atoms in total. The Morgan fingerprint density at radius 3 is 1.21 bits per heavy atom. The Kier molecular flexibility index (Phi) is 47.0. The van der Waals surface area contributed by atoms with E-state index >= 15 is 0 Å². The molecule has 0 N–H and O–H groups in total. The van der Waals surface area contributed by atoms with Crippen molar-refractivity contribution < 1.29 is 42.1 Å². The van der Waals surface area contributed by atoms with Crippen molar-refractivity contribution in [2.45, 2.75) is 264 Å². The van der Waals surface area contributed by atoms with Crippen LogP contribution in [0.25, 0.3) is 0 Å². The van der Waals surface area contributed by atoms with Crippen molar-refractivity contribution in [2.75, 3.05) is 47.5 Å². The second-order valence-electron chi connectivity index (χ2n) is 20.0. The van der Waals surface area contributed by atoms with Gasteiger partial charge in [0.2, 0.25) is 0 Å². The minimum absolute atomic E-state index is 0.0303. The van der Waals surface area contributed by atoms with Crippen molar-refractivity contribution >= 4 is 19.8 Å². The molecule has 0 aromatic carbocycles. The number of likely N-dealkylation sites (N-methyl/N-ethyl adjacent to an activating group) is 1. The van der Waals surface area contributed by atoms with Crippen LogP contribution in [-0.4, -0.2) is 70.0 Å². The van der Waals surface area contributed by atoms with Crippen molar-refractivity contribution in [1.82, 2.24) is 0 Å². The molecule has 10 heteroatoms. The predicted molar refractivity (Wildman–Crippen MR) is 277 cm³/mol. The third-order valence-electron chi connectivity index (χ3n) is 12.2. The van der Waals surface area contributed by atoms with Gasteiger partial charge in [0.05, 0.1) is 27.7 Å². The minimum Gasteiger partial charge on any atom is -0.756 e. The molecule has 0 saturated carbocycles. The number of esters is 2. The molecule has 0 saturated heterocycles. The summed E-state index contributed by atoms with van der Waals surface area (Å²) in [6.07, 6.45) is 57.5. The summed E-state index contributed by atoms with van der Waals surface area (Å²) in [6, 6.07) is 0. The summed E-state index contributed by atoms with van der Waals surface area (Å²) in [5.74, 6) is -0.826. The molecule has 0 aliphatic heterocycles. The zero-order chi connectivity index (χ0) is 48.5. The molecule has 0 amide bonds. The van der Waals surface area contributed by atoms with Crippen LogP contribution in [0.2, 0.25) is 0 Å². The lowest BCUT2D eigenvalue weighted by Gasteiger charge is -2.28. The maximum absolute atomic E-state index is 12.8. The first-order valence-corrected chi connectivity index (χ1v) is 29.2. The van der Waals surface area contributed by atoms with Crippen molar-refractivity contribution in [3.8, 4) is 0 Å². The van der Waals surface area contributed by atoms with Crippen LogP contribution in [0.15, 0.2) is 36.5 Å². The van der Waals surface area contributed by atoms with Crippen molar-refractivity contribution in [1.29, 1.82) is 0 Å². The number of phosphoric acid groups is 1. The molecule has 0 aromatic heterocycles. The van der Waals surface area contributed by atoms with E-state index in [1.165, 1.54) is 167 Å². The van der Waals surface area contributed by atoms with Gasteiger partial charge in [-0.3, -0.25) is 14.2 Å². The normalized spacial score (nSPS) is 13.6. The lowest BCUT2D eigenvalue weighted by Crippen LogP contribution is -2.37. The molecule has 0 radical (unpaired) electrons. The fourth-order valence-corrected chi connectivity index (χ4v) is 8.57. The average Bonchev–Trinajstić information content (AvgIpc) is 3.27. The van der Waals surface area contributed by atoms with Crippen LogP contribution in [-0.2, 0) is 32.7 Å². The van der Waals surface area contributed by atoms with Gasteiger partial charge in [0.25, 0.3) is 7.82 Å². The fraction of sp³-hybridized carbons (Fsp3) is 0.857. The highest BCUT2D eigenvalue weighted by molar-refractivity contribution is 7.45. The fourth-order valence-electron chi connectivity index (χ4n) is 7.84. The van der Waals surface area contributed by atoms with Gasteiger partial charge in [0.15, 0.2) is 6.10 Å². The Morgan fingerprint density at radius 2 is 0.818 bits per heavy atom. The van der Waals surface area contributed by atoms with Gasteiger partial charge in [0.1, 0.15) is 19.8 Å². The Hall–Kier alpha value is -1.77. The van der Waals surface area contributed by atoms with E-state index in [1.54, 1.807) is 0 Å². The number of hydrogen-bond donors (Lipinski definition) is 0. The number of carbonyl (C=O) groups excluding carboxylic acids is 2. The highest BCUT2D eigenvalue weighted by Gasteiger charge is 2.21. The summed E-state index contributed by atoms with van der Waals surface area (Å²) in [6.45, 7) is 4.26. The van der Waals surface area contributed by atoms with E-state index in [0.717, 1.165) is 57.8 Å². The first-order valence-electron chi connectivity index (χ1n) is 27.7. The Bertz CT molecular complexity index is 1210. The number of hydrogen-bond acceptors (Lipinski definition) is 8. The van der Waals surface area contributed by atoms with Crippen molar-refractivity contribution in [3.05, 3.63) is 36.5 Å². The Labute approximate surface area is 408 Å². The lowest BCUT2D eigenvalue weighted by atomic mass is 10.0. The van der Waals surface area contributed by atoms with E-state index < -0.39 is 26.5 Å². The van der Waals surface area contributed by atoms with Gasteiger partial charge in [0, 0.05) is 12.8 Å². The minimum atomic E-state index is -4.63. The second-order valence-corrected chi connectivity index (χ2v) is 21.4. The number of carbonyl (C=O) groups is 2. The van der Waals surface area contributed by atoms with Crippen LogP contribution in [0, 0.1) is 0 Å². The van der Waals surface area contributed by atoms with E-state index in [2.05, 4.69) is 50.3 Å². The van der Waals surface area contributed by atoms with Crippen LogP contribution in [0.4, 0.5) is 0 Å². The monoisotopic (exact) mass is 952 g/mol. The van der Waals surface area contributed by atoms with E-state index in [1.807, 2.05) is 21.1 Å². The summed E-state index contributed by atoms with van der Waals surface area (Å²) >= 11 is 0. The molecule has 2 unspecified atom stereocenters. The molecule has 0 spiro atoms. The van der Waals surface area contributed by atoms with Gasteiger partial charge in [-0.25, -0.2) is 0 Å². The van der Waals surface area contributed by atoms with Gasteiger partial charge < -0.3 is 27.9 Å². The third kappa shape index (κ3) is 51.6. The first-order chi connectivity index (χ1) is 32.0. The van der Waals surface area contributed by atoms with E-state index in [9.17, 15) is 19.0 Å². The van der Waals surface area contributed by atoms with Crippen LogP contribution in [0.3, 0.4) is 0 Å². The quantitative estimate of drug-likeness (QED) is 0.0195. The molecule has 2 atom stereocenters. The lowest BCUT2D eigenvalue weighted by molar-refractivity contribution is -0.870. The zero-order valence-corrected chi connectivity index (χ0v) is 44.8. The summed E-state index contributed by atoms with van der Waals surface area (Å²) in [4.78, 5) is 37.8. The van der Waals surface area contributed by atoms with Gasteiger partial charge in [-0.1, -0.05) is 230 Å². The molecular formula is C56H106NO8P. The number of quaternary nitrogens is 1. The highest BCUT2D eigenvalue weighted by atomic mass is 31.2. The van der Waals surface area contributed by atoms with E-state index in [4.69, 9.17) is 18.5 Å². The maximum atomic E-state index is 12.8. The maximum Gasteiger partial charge on any atom is 0.306 e. The Balaban J connectivity index is 4.18. The molecule has 0 aliphatic carbocycles. The molecule has 0 rings (SSSR count). The number of unbranched alkanes of at least 4 members (excludes halogenated alkanes) is 31. The smallest absolute Gasteiger partial charge is 0.306 e. The zero-order valence-electron chi connectivity index (χ0n) is 43.9. The van der Waals surface area contributed by atoms with Gasteiger partial charge in [-0.05, 0) is 51.4 Å². The average molecular weight is 952 g/mol. The Morgan fingerprint density at radius 1 is 0.470 bits per heavy atom. The first kappa shape index (κ1) is 64.2. The van der Waals surface area contributed by atoms with Crippen LogP contribution in [0.1, 0.15) is 258 Å². The van der Waals surface area contributed by atoms with Gasteiger partial charge in [-0.2, -0.15) is 0 Å². The van der Waals surface area contributed by atoms with Gasteiger partial charge >= 0.3 is 11.9 Å². The largest absolute Gasteiger partial charge is 0.756 e. The van der Waals surface area contributed by atoms with Crippen LogP contribution in [0.5, 0.6) is 0 Å². The molecule has 0 fully saturated rings. The summed E-state index contributed by atoms with van der Waals surface area (Å²) in [5.41, 5.74) is 0. The molecule has 66 heavy (non-hydrogen) atoms. The van der Waals surface area contributed by atoms with Crippen LogP contribution >= 0.6 is 7.82 Å². The molecule has 388 valence electrons. The third-order valence-corrected chi connectivity index (χ3v) is 13.1. The summed E-state index contributed by atoms with van der Waals surface area (Å²) in [7, 11) is 1.17. The SMILES string of the molecule is CCCCCCC/C=C\C/C=C\C/C=C\CCCCCCCCCCCCC(=O)OC(COC(=O)CCCCCCCCCCCCCCCCCCC)COP(=O)([O-])OCC[N+](C)(C)C. The van der Waals surface area contributed by atoms with Crippen molar-refractivity contribution in [3.63, 3.8) is 0 Å². The van der Waals surface area contributed by atoms with E-state index in [0.29, 0.717) is 17.4 Å². The highest BCUT2D eigenvalue weighted by Crippen LogP contribution is 2.38. The van der Waals surface area contributed by atoms with Crippen LogP contribution < -0.4 is 4.89 Å².